The molecule has 0 unspecified atom stereocenters. The number of rotatable bonds is 2. The van der Waals surface area contributed by atoms with Crippen molar-refractivity contribution in [1.82, 2.24) is 15.1 Å². The summed E-state index contributed by atoms with van der Waals surface area (Å²) in [5.41, 5.74) is 4.64. The van der Waals surface area contributed by atoms with Crippen molar-refractivity contribution in [3.8, 4) is 0 Å². The Morgan fingerprint density at radius 2 is 2.06 bits per heavy atom. The van der Waals surface area contributed by atoms with Crippen molar-refractivity contribution in [1.29, 1.82) is 0 Å². The molecular formula is C12H18N4O. The number of amides is 1. The lowest BCUT2D eigenvalue weighted by atomic mass is 10.0. The molecule has 0 aliphatic carbocycles. The van der Waals surface area contributed by atoms with Gasteiger partial charge in [0.15, 0.2) is 0 Å². The van der Waals surface area contributed by atoms with E-state index in [1.165, 1.54) is 5.57 Å². The molecule has 0 spiro atoms. The van der Waals surface area contributed by atoms with Gasteiger partial charge in [-0.1, -0.05) is 0 Å². The quantitative estimate of drug-likeness (QED) is 0.747. The fourth-order valence-corrected chi connectivity index (χ4v) is 1.84. The van der Waals surface area contributed by atoms with Gasteiger partial charge in [0.25, 0.3) is 5.91 Å². The van der Waals surface area contributed by atoms with Gasteiger partial charge in [-0.2, -0.15) is 5.10 Å². The van der Waals surface area contributed by atoms with Gasteiger partial charge in [0.1, 0.15) is 0 Å². The Bertz CT molecular complexity index is 493. The number of nitrogens with one attached hydrogen (secondary N) is 2. The molecule has 0 radical (unpaired) electrons. The highest BCUT2D eigenvalue weighted by Crippen LogP contribution is 2.20. The van der Waals surface area contributed by atoms with Crippen molar-refractivity contribution in [2.45, 2.75) is 20.8 Å². The summed E-state index contributed by atoms with van der Waals surface area (Å²) in [6.45, 7) is 7.36. The first-order valence-electron chi connectivity index (χ1n) is 5.71. The molecule has 1 amide bonds. The second kappa shape index (κ2) is 4.33. The van der Waals surface area contributed by atoms with Crippen molar-refractivity contribution in [3.05, 3.63) is 22.5 Å². The molecule has 1 aromatic heterocycles. The summed E-state index contributed by atoms with van der Waals surface area (Å²) < 4.78 is 1.78. The number of carbonyl (C=O) groups is 1. The Morgan fingerprint density at radius 1 is 1.41 bits per heavy atom. The average Bonchev–Trinajstić information content (AvgIpc) is 2.42. The van der Waals surface area contributed by atoms with E-state index in [9.17, 15) is 4.79 Å². The van der Waals surface area contributed by atoms with Crippen molar-refractivity contribution in [2.24, 2.45) is 7.05 Å². The lowest BCUT2D eigenvalue weighted by Crippen LogP contribution is -2.36. The Hall–Kier alpha value is -1.62. The van der Waals surface area contributed by atoms with E-state index in [0.717, 1.165) is 35.7 Å². The van der Waals surface area contributed by atoms with Gasteiger partial charge < -0.3 is 10.6 Å². The van der Waals surface area contributed by atoms with Gasteiger partial charge in [-0.15, -0.1) is 0 Å². The highest BCUT2D eigenvalue weighted by atomic mass is 16.1. The summed E-state index contributed by atoms with van der Waals surface area (Å²) in [6.07, 6.45) is 0. The molecule has 0 aromatic carbocycles. The Balaban J connectivity index is 2.18. The number of aryl methyl sites for hydroxylation is 2. The largest absolute Gasteiger partial charge is 0.319 e. The van der Waals surface area contributed by atoms with Crippen LogP contribution in [-0.2, 0) is 11.8 Å². The third-order valence-corrected chi connectivity index (χ3v) is 3.30. The Kier molecular flexibility index (Phi) is 3.02. The lowest BCUT2D eigenvalue weighted by Gasteiger charge is -2.21. The first-order valence-corrected chi connectivity index (χ1v) is 5.71. The van der Waals surface area contributed by atoms with E-state index < -0.39 is 0 Å². The van der Waals surface area contributed by atoms with Crippen LogP contribution in [0.5, 0.6) is 0 Å². The fourth-order valence-electron chi connectivity index (χ4n) is 1.84. The predicted octanol–water partition coefficient (Wildman–Crippen LogP) is 0.895. The zero-order valence-corrected chi connectivity index (χ0v) is 10.7. The normalized spacial score (nSPS) is 14.5. The zero-order valence-electron chi connectivity index (χ0n) is 10.7. The molecule has 92 valence electrons. The van der Waals surface area contributed by atoms with Crippen molar-refractivity contribution in [3.63, 3.8) is 0 Å². The van der Waals surface area contributed by atoms with Crippen LogP contribution in [0.3, 0.4) is 0 Å². The molecular weight excluding hydrogens is 216 g/mol. The van der Waals surface area contributed by atoms with Crippen LogP contribution < -0.4 is 10.6 Å². The minimum Gasteiger partial charge on any atom is -0.319 e. The molecule has 1 aliphatic heterocycles. The maximum atomic E-state index is 12.0. The zero-order chi connectivity index (χ0) is 12.6. The molecule has 0 saturated carbocycles. The third-order valence-electron chi connectivity index (χ3n) is 3.30. The standard InChI is InChI=1S/C12H18N4O/c1-7(10-5-13-6-10)12(17)14-11-8(2)15-16(4)9(11)3/h13H,5-6H2,1-4H3,(H,14,17). The topological polar surface area (TPSA) is 59.0 Å². The van der Waals surface area contributed by atoms with Crippen molar-refractivity contribution >= 4 is 11.6 Å². The van der Waals surface area contributed by atoms with E-state index in [1.807, 2.05) is 27.8 Å². The smallest absolute Gasteiger partial charge is 0.251 e. The molecule has 5 nitrogen and oxygen atoms in total. The van der Waals surface area contributed by atoms with E-state index in [4.69, 9.17) is 0 Å². The van der Waals surface area contributed by atoms with E-state index in [0.29, 0.717) is 0 Å². The predicted molar refractivity (Wildman–Crippen MR) is 66.9 cm³/mol. The highest BCUT2D eigenvalue weighted by Gasteiger charge is 2.18. The van der Waals surface area contributed by atoms with Crippen LogP contribution >= 0.6 is 0 Å². The number of nitrogens with zero attached hydrogens (tertiary/aromatic N) is 2. The molecule has 2 N–H and O–H groups in total. The molecule has 1 saturated heterocycles. The summed E-state index contributed by atoms with van der Waals surface area (Å²) in [4.78, 5) is 12.0. The minimum atomic E-state index is -0.0271. The van der Waals surface area contributed by atoms with Crippen LogP contribution in [0.15, 0.2) is 11.1 Å². The van der Waals surface area contributed by atoms with Gasteiger partial charge in [-0.25, -0.2) is 0 Å². The Labute approximate surface area is 101 Å². The highest BCUT2D eigenvalue weighted by molar-refractivity contribution is 6.04. The Morgan fingerprint density at radius 3 is 2.47 bits per heavy atom. The first-order chi connectivity index (χ1) is 8.00. The summed E-state index contributed by atoms with van der Waals surface area (Å²) in [7, 11) is 1.87. The number of anilines is 1. The van der Waals surface area contributed by atoms with Gasteiger partial charge in [0.2, 0.25) is 0 Å². The van der Waals surface area contributed by atoms with E-state index in [2.05, 4.69) is 15.7 Å². The van der Waals surface area contributed by atoms with E-state index in [1.54, 1.807) is 4.68 Å². The van der Waals surface area contributed by atoms with Crippen LogP contribution in [0.25, 0.3) is 0 Å². The first kappa shape index (κ1) is 11.9. The average molecular weight is 234 g/mol. The van der Waals surface area contributed by atoms with Crippen LogP contribution in [0.4, 0.5) is 5.69 Å². The van der Waals surface area contributed by atoms with Gasteiger partial charge in [-0.05, 0) is 26.3 Å². The van der Waals surface area contributed by atoms with Crippen LogP contribution in [0, 0.1) is 13.8 Å². The molecule has 5 heteroatoms. The molecule has 2 rings (SSSR count). The van der Waals surface area contributed by atoms with E-state index >= 15 is 0 Å². The summed E-state index contributed by atoms with van der Waals surface area (Å²) >= 11 is 0. The number of hydrogen-bond acceptors (Lipinski definition) is 3. The van der Waals surface area contributed by atoms with Crippen molar-refractivity contribution in [2.75, 3.05) is 18.4 Å². The maximum absolute atomic E-state index is 12.0. The molecule has 1 fully saturated rings. The van der Waals surface area contributed by atoms with Gasteiger partial charge in [0, 0.05) is 25.7 Å². The number of aromatic nitrogens is 2. The molecule has 0 atom stereocenters. The SMILES string of the molecule is CC(C(=O)Nc1c(C)nn(C)c1C)=C1CNC1. The van der Waals surface area contributed by atoms with Gasteiger partial charge in [0.05, 0.1) is 17.1 Å². The lowest BCUT2D eigenvalue weighted by molar-refractivity contribution is -0.112. The second-order valence-corrected chi connectivity index (χ2v) is 4.46. The second-order valence-electron chi connectivity index (χ2n) is 4.46. The summed E-state index contributed by atoms with van der Waals surface area (Å²) in [6, 6.07) is 0. The third kappa shape index (κ3) is 2.10. The van der Waals surface area contributed by atoms with Gasteiger partial charge in [-0.3, -0.25) is 9.48 Å². The van der Waals surface area contributed by atoms with Crippen molar-refractivity contribution < 1.29 is 4.79 Å². The fraction of sp³-hybridized carbons (Fsp3) is 0.500. The monoisotopic (exact) mass is 234 g/mol. The summed E-state index contributed by atoms with van der Waals surface area (Å²) in [5, 5.41) is 10.3. The summed E-state index contributed by atoms with van der Waals surface area (Å²) in [5.74, 6) is -0.0271. The van der Waals surface area contributed by atoms with Gasteiger partial charge >= 0.3 is 0 Å². The molecule has 1 aromatic rings. The number of hydrogen-bond donors (Lipinski definition) is 2. The molecule has 0 bridgehead atoms. The van der Waals surface area contributed by atoms with Crippen LogP contribution in [-0.4, -0.2) is 28.8 Å². The molecule has 17 heavy (non-hydrogen) atoms. The van der Waals surface area contributed by atoms with Crippen LogP contribution in [0.2, 0.25) is 0 Å². The maximum Gasteiger partial charge on any atom is 0.251 e. The number of carbonyl (C=O) groups excluding carboxylic acids is 1. The minimum absolute atomic E-state index is 0.0271. The molecule has 1 aliphatic rings. The molecule has 2 heterocycles. The van der Waals surface area contributed by atoms with Crippen LogP contribution in [0.1, 0.15) is 18.3 Å². The van der Waals surface area contributed by atoms with E-state index in [-0.39, 0.29) is 5.91 Å².